The van der Waals surface area contributed by atoms with E-state index in [0.717, 1.165) is 16.7 Å². The Kier molecular flexibility index (Phi) is 6.68. The number of rotatable bonds is 6. The molecule has 0 aromatic heterocycles. The van der Waals surface area contributed by atoms with Crippen LogP contribution < -0.4 is 0 Å². The first kappa shape index (κ1) is 21.4. The van der Waals surface area contributed by atoms with Crippen LogP contribution in [0, 0.1) is 20.8 Å². The van der Waals surface area contributed by atoms with Gasteiger partial charge in [-0.15, -0.1) is 0 Å². The van der Waals surface area contributed by atoms with Crippen molar-refractivity contribution in [1.29, 1.82) is 0 Å². The second-order valence-electron chi connectivity index (χ2n) is 7.46. The predicted octanol–water partition coefficient (Wildman–Crippen LogP) is 2.58. The lowest BCUT2D eigenvalue weighted by atomic mass is 10.00. The van der Waals surface area contributed by atoms with Crippen molar-refractivity contribution in [3.63, 3.8) is 0 Å². The Balaban J connectivity index is 2.11. The minimum absolute atomic E-state index is 0.0206. The highest BCUT2D eigenvalue weighted by Gasteiger charge is 2.36. The lowest BCUT2D eigenvalue weighted by Gasteiger charge is -2.33. The number of benzene rings is 1. The largest absolute Gasteiger partial charge is 0.452 e. The zero-order valence-electron chi connectivity index (χ0n) is 16.7. The maximum absolute atomic E-state index is 12.8. The third-order valence-corrected chi connectivity index (χ3v) is 6.91. The summed E-state index contributed by atoms with van der Waals surface area (Å²) in [6.45, 7) is 9.09. The highest BCUT2D eigenvalue weighted by molar-refractivity contribution is 7.91. The summed E-state index contributed by atoms with van der Waals surface area (Å²) in [5, 5.41) is 0. The molecule has 7 heteroatoms. The van der Waals surface area contributed by atoms with Crippen LogP contribution in [0.1, 0.15) is 53.7 Å². The van der Waals surface area contributed by atoms with E-state index in [9.17, 15) is 18.0 Å². The smallest absolute Gasteiger partial charge is 0.339 e. The molecule has 1 amide bonds. The summed E-state index contributed by atoms with van der Waals surface area (Å²) in [4.78, 5) is 26.8. The maximum Gasteiger partial charge on any atom is 0.339 e. The van der Waals surface area contributed by atoms with Gasteiger partial charge < -0.3 is 9.64 Å². The standard InChI is InChI=1S/C20H29NO5S/c1-6-16(5)21(17-7-8-27(24,25)12-17)18(22)11-26-20(23)19-14(3)9-13(2)10-15(19)4/h9-10,16-17H,6-8,11-12H2,1-5H3/t16-,17-/m0/s1. The fourth-order valence-corrected chi connectivity index (χ4v) is 5.49. The molecule has 6 nitrogen and oxygen atoms in total. The predicted molar refractivity (Wildman–Crippen MR) is 105 cm³/mol. The Morgan fingerprint density at radius 3 is 2.30 bits per heavy atom. The molecule has 1 aliphatic heterocycles. The Morgan fingerprint density at radius 2 is 1.81 bits per heavy atom. The van der Waals surface area contributed by atoms with Crippen LogP contribution in [0.5, 0.6) is 0 Å². The van der Waals surface area contributed by atoms with Gasteiger partial charge in [-0.3, -0.25) is 4.79 Å². The number of aryl methyl sites for hydroxylation is 3. The molecule has 0 bridgehead atoms. The molecule has 150 valence electrons. The highest BCUT2D eigenvalue weighted by atomic mass is 32.2. The Labute approximate surface area is 161 Å². The van der Waals surface area contributed by atoms with E-state index in [2.05, 4.69) is 0 Å². The third kappa shape index (κ3) is 5.09. The molecule has 1 aromatic rings. The van der Waals surface area contributed by atoms with Gasteiger partial charge in [-0.2, -0.15) is 0 Å². The number of ether oxygens (including phenoxy) is 1. The van der Waals surface area contributed by atoms with Gasteiger partial charge in [0.1, 0.15) is 0 Å². The van der Waals surface area contributed by atoms with Gasteiger partial charge in [0.05, 0.1) is 17.1 Å². The number of hydrogen-bond acceptors (Lipinski definition) is 5. The summed E-state index contributed by atoms with van der Waals surface area (Å²) >= 11 is 0. The Hall–Kier alpha value is -1.89. The summed E-state index contributed by atoms with van der Waals surface area (Å²) in [7, 11) is -3.11. The number of nitrogens with zero attached hydrogens (tertiary/aromatic N) is 1. The highest BCUT2D eigenvalue weighted by Crippen LogP contribution is 2.22. The Morgan fingerprint density at radius 1 is 1.22 bits per heavy atom. The molecule has 0 aliphatic carbocycles. The summed E-state index contributed by atoms with van der Waals surface area (Å²) < 4.78 is 28.9. The van der Waals surface area contributed by atoms with E-state index in [-0.39, 0.29) is 36.1 Å². The van der Waals surface area contributed by atoms with Crippen LogP contribution in [0.15, 0.2) is 12.1 Å². The van der Waals surface area contributed by atoms with E-state index in [1.807, 2.05) is 46.8 Å². The van der Waals surface area contributed by atoms with Crippen LogP contribution in [0.25, 0.3) is 0 Å². The molecular weight excluding hydrogens is 366 g/mol. The monoisotopic (exact) mass is 395 g/mol. The molecule has 27 heavy (non-hydrogen) atoms. The first-order chi connectivity index (χ1) is 12.6. The molecular formula is C20H29NO5S. The summed E-state index contributed by atoms with van der Waals surface area (Å²) in [5.41, 5.74) is 3.16. The average Bonchev–Trinajstić information content (AvgIpc) is 2.91. The van der Waals surface area contributed by atoms with E-state index in [1.165, 1.54) is 0 Å². The first-order valence-corrected chi connectivity index (χ1v) is 11.1. The van der Waals surface area contributed by atoms with Gasteiger partial charge in [0.2, 0.25) is 0 Å². The van der Waals surface area contributed by atoms with Crippen LogP contribution in [0.3, 0.4) is 0 Å². The van der Waals surface area contributed by atoms with Crippen LogP contribution in [-0.2, 0) is 19.4 Å². The topological polar surface area (TPSA) is 80.8 Å². The fraction of sp³-hybridized carbons (Fsp3) is 0.600. The number of esters is 1. The van der Waals surface area contributed by atoms with Crippen molar-refractivity contribution < 1.29 is 22.7 Å². The molecule has 0 radical (unpaired) electrons. The minimum Gasteiger partial charge on any atom is -0.452 e. The number of amides is 1. The number of hydrogen-bond donors (Lipinski definition) is 0. The molecule has 0 saturated carbocycles. The second-order valence-corrected chi connectivity index (χ2v) is 9.69. The first-order valence-electron chi connectivity index (χ1n) is 9.32. The molecule has 1 heterocycles. The van der Waals surface area contributed by atoms with Crippen molar-refractivity contribution in [2.75, 3.05) is 18.1 Å². The van der Waals surface area contributed by atoms with Crippen LogP contribution in [0.4, 0.5) is 0 Å². The summed E-state index contributed by atoms with van der Waals surface area (Å²) in [6.07, 6.45) is 1.13. The van der Waals surface area contributed by atoms with E-state index in [4.69, 9.17) is 4.74 Å². The molecule has 0 unspecified atom stereocenters. The van der Waals surface area contributed by atoms with Gasteiger partial charge in [0.25, 0.3) is 5.91 Å². The lowest BCUT2D eigenvalue weighted by molar-refractivity contribution is -0.138. The number of carbonyl (C=O) groups excluding carboxylic acids is 2. The second kappa shape index (κ2) is 8.42. The maximum atomic E-state index is 12.8. The van der Waals surface area contributed by atoms with Crippen molar-refractivity contribution in [2.45, 2.75) is 59.5 Å². The van der Waals surface area contributed by atoms with Crippen molar-refractivity contribution in [3.05, 3.63) is 34.4 Å². The molecule has 1 aliphatic rings. The minimum atomic E-state index is -3.11. The van der Waals surface area contributed by atoms with Gasteiger partial charge in [-0.1, -0.05) is 24.6 Å². The van der Waals surface area contributed by atoms with Crippen LogP contribution in [0.2, 0.25) is 0 Å². The normalized spacial score (nSPS) is 19.5. The van der Waals surface area contributed by atoms with Gasteiger partial charge in [-0.25, -0.2) is 13.2 Å². The molecule has 1 saturated heterocycles. The average molecular weight is 396 g/mol. The zero-order valence-corrected chi connectivity index (χ0v) is 17.6. The van der Waals surface area contributed by atoms with Gasteiger partial charge in [0, 0.05) is 12.1 Å². The SMILES string of the molecule is CC[C@H](C)N(C(=O)COC(=O)c1c(C)cc(C)cc1C)[C@H]1CCS(=O)(=O)C1. The number of sulfone groups is 1. The van der Waals surface area contributed by atoms with Crippen molar-refractivity contribution >= 4 is 21.7 Å². The quantitative estimate of drug-likeness (QED) is 0.692. The molecule has 1 aromatic carbocycles. The van der Waals surface area contributed by atoms with Gasteiger partial charge in [0.15, 0.2) is 16.4 Å². The van der Waals surface area contributed by atoms with E-state index in [0.29, 0.717) is 18.4 Å². The van der Waals surface area contributed by atoms with Crippen molar-refractivity contribution in [1.82, 2.24) is 4.90 Å². The van der Waals surface area contributed by atoms with E-state index in [1.54, 1.807) is 4.90 Å². The molecule has 2 atom stereocenters. The lowest BCUT2D eigenvalue weighted by Crippen LogP contribution is -2.48. The van der Waals surface area contributed by atoms with Crippen molar-refractivity contribution in [2.24, 2.45) is 0 Å². The van der Waals surface area contributed by atoms with E-state index >= 15 is 0 Å². The van der Waals surface area contributed by atoms with Crippen LogP contribution >= 0.6 is 0 Å². The third-order valence-electron chi connectivity index (χ3n) is 5.16. The van der Waals surface area contributed by atoms with Crippen LogP contribution in [-0.4, -0.2) is 55.4 Å². The zero-order chi connectivity index (χ0) is 20.4. The van der Waals surface area contributed by atoms with E-state index < -0.39 is 15.8 Å². The van der Waals surface area contributed by atoms with Crippen molar-refractivity contribution in [3.8, 4) is 0 Å². The molecule has 2 rings (SSSR count). The molecule has 0 N–H and O–H groups in total. The van der Waals surface area contributed by atoms with Gasteiger partial charge in [-0.05, 0) is 51.7 Å². The molecule has 0 spiro atoms. The summed E-state index contributed by atoms with van der Waals surface area (Å²) in [5.74, 6) is -0.796. The summed E-state index contributed by atoms with van der Waals surface area (Å²) in [6, 6.07) is 3.34. The number of carbonyl (C=O) groups is 2. The van der Waals surface area contributed by atoms with Gasteiger partial charge >= 0.3 is 5.97 Å². The fourth-order valence-electron chi connectivity index (χ4n) is 3.78. The Bertz CT molecular complexity index is 808. The molecule has 1 fully saturated rings.